The van der Waals surface area contributed by atoms with Gasteiger partial charge in [0, 0.05) is 44.3 Å². The van der Waals surface area contributed by atoms with E-state index in [0.717, 1.165) is 23.0 Å². The lowest BCUT2D eigenvalue weighted by Gasteiger charge is -2.11. The highest BCUT2D eigenvalue weighted by Gasteiger charge is 2.16. The zero-order valence-corrected chi connectivity index (χ0v) is 16.2. The summed E-state index contributed by atoms with van der Waals surface area (Å²) in [6.07, 6.45) is 3.59. The Morgan fingerprint density at radius 2 is 1.93 bits per heavy atom. The Hall–Kier alpha value is -3.23. The van der Waals surface area contributed by atoms with Crippen LogP contribution >= 0.6 is 0 Å². The molecule has 27 heavy (non-hydrogen) atoms. The van der Waals surface area contributed by atoms with E-state index in [1.165, 1.54) is 0 Å². The van der Waals surface area contributed by atoms with Crippen LogP contribution in [0.1, 0.15) is 33.4 Å². The molecule has 0 fully saturated rings. The highest BCUT2D eigenvalue weighted by atomic mass is 16.1. The summed E-state index contributed by atoms with van der Waals surface area (Å²) in [5.74, 6) is 2.86. The molecular weight excluding hydrogens is 344 g/mol. The molecule has 1 amide bonds. The summed E-state index contributed by atoms with van der Waals surface area (Å²) in [6.45, 7) is 8.50. The Bertz CT molecular complexity index is 972. The summed E-state index contributed by atoms with van der Waals surface area (Å²) in [5, 5.41) is 10.4. The van der Waals surface area contributed by atoms with Gasteiger partial charge in [0.1, 0.15) is 23.3 Å². The van der Waals surface area contributed by atoms with Crippen LogP contribution in [0.15, 0.2) is 18.5 Å². The second-order valence-corrected chi connectivity index (χ2v) is 6.36. The molecular formula is C18H24N8O. The van der Waals surface area contributed by atoms with Crippen LogP contribution in [-0.2, 0) is 7.05 Å². The molecule has 9 heteroatoms. The average molecular weight is 368 g/mol. The fourth-order valence-corrected chi connectivity index (χ4v) is 2.94. The van der Waals surface area contributed by atoms with Crippen molar-refractivity contribution < 1.29 is 4.79 Å². The molecule has 2 N–H and O–H groups in total. The van der Waals surface area contributed by atoms with E-state index in [1.807, 2.05) is 51.6 Å². The highest BCUT2D eigenvalue weighted by molar-refractivity contribution is 5.96. The zero-order chi connectivity index (χ0) is 19.6. The van der Waals surface area contributed by atoms with Gasteiger partial charge in [0.2, 0.25) is 0 Å². The number of aryl methyl sites for hydroxylation is 4. The minimum atomic E-state index is -0.117. The van der Waals surface area contributed by atoms with E-state index in [1.54, 1.807) is 10.9 Å². The lowest BCUT2D eigenvalue weighted by molar-refractivity contribution is 0.0954. The van der Waals surface area contributed by atoms with Gasteiger partial charge in [-0.15, -0.1) is 0 Å². The summed E-state index contributed by atoms with van der Waals surface area (Å²) < 4.78 is 3.61. The zero-order valence-electron chi connectivity index (χ0n) is 16.2. The third-order valence-electron chi connectivity index (χ3n) is 4.35. The Morgan fingerprint density at radius 1 is 1.15 bits per heavy atom. The maximum absolute atomic E-state index is 12.4. The third kappa shape index (κ3) is 3.97. The topological polar surface area (TPSA) is 103 Å². The van der Waals surface area contributed by atoms with E-state index in [4.69, 9.17) is 0 Å². The van der Waals surface area contributed by atoms with E-state index in [9.17, 15) is 4.79 Å². The Balaban J connectivity index is 1.60. The number of carbonyl (C=O) groups is 1. The lowest BCUT2D eigenvalue weighted by Crippen LogP contribution is -2.29. The molecule has 0 unspecified atom stereocenters. The van der Waals surface area contributed by atoms with Gasteiger partial charge in [-0.3, -0.25) is 14.0 Å². The number of aromatic nitrogens is 6. The number of hydrogen-bond acceptors (Lipinski definition) is 6. The molecule has 0 aliphatic rings. The molecule has 0 atom stereocenters. The molecule has 0 aliphatic heterocycles. The van der Waals surface area contributed by atoms with E-state index in [-0.39, 0.29) is 5.91 Å². The molecule has 0 saturated heterocycles. The van der Waals surface area contributed by atoms with E-state index in [0.29, 0.717) is 30.3 Å². The molecule has 3 heterocycles. The number of imidazole rings is 1. The second kappa shape index (κ2) is 7.56. The number of nitrogens with zero attached hydrogens (tertiary/aromatic N) is 6. The molecule has 0 spiro atoms. The monoisotopic (exact) mass is 368 g/mol. The maximum atomic E-state index is 12.4. The average Bonchev–Trinajstić information content (AvgIpc) is 3.14. The van der Waals surface area contributed by atoms with Gasteiger partial charge >= 0.3 is 0 Å². The molecule has 9 nitrogen and oxygen atoms in total. The van der Waals surface area contributed by atoms with Gasteiger partial charge < -0.3 is 10.6 Å². The first kappa shape index (κ1) is 18.6. The molecule has 0 bridgehead atoms. The third-order valence-corrected chi connectivity index (χ3v) is 4.35. The van der Waals surface area contributed by atoms with Crippen molar-refractivity contribution in [3.63, 3.8) is 0 Å². The van der Waals surface area contributed by atoms with Crippen molar-refractivity contribution in [1.29, 1.82) is 0 Å². The Kier molecular flexibility index (Phi) is 5.20. The van der Waals surface area contributed by atoms with Gasteiger partial charge in [-0.1, -0.05) is 0 Å². The number of carbonyl (C=O) groups excluding carboxylic acids is 1. The first-order chi connectivity index (χ1) is 12.9. The number of anilines is 1. The van der Waals surface area contributed by atoms with Gasteiger partial charge in [-0.2, -0.15) is 5.10 Å². The molecule has 0 aromatic carbocycles. The summed E-state index contributed by atoms with van der Waals surface area (Å²) in [4.78, 5) is 25.4. The predicted molar refractivity (Wildman–Crippen MR) is 102 cm³/mol. The molecule has 0 radical (unpaired) electrons. The fraction of sp³-hybridized carbons (Fsp3) is 0.389. The summed E-state index contributed by atoms with van der Waals surface area (Å²) in [6, 6.07) is 1.86. The predicted octanol–water partition coefficient (Wildman–Crippen LogP) is 1.47. The van der Waals surface area contributed by atoms with Crippen molar-refractivity contribution >= 4 is 11.7 Å². The van der Waals surface area contributed by atoms with Gasteiger partial charge in [0.05, 0.1) is 11.3 Å². The summed E-state index contributed by atoms with van der Waals surface area (Å²) in [7, 11) is 1.83. The SMILES string of the molecule is Cc1nc(NCCNC(=O)c2c(C)nn(C)c2C)cc(-n2ccnc2C)n1. The molecule has 0 aliphatic carbocycles. The number of amides is 1. The second-order valence-electron chi connectivity index (χ2n) is 6.36. The molecule has 0 saturated carbocycles. The number of nitrogens with one attached hydrogen (secondary N) is 2. The van der Waals surface area contributed by atoms with Gasteiger partial charge in [0.15, 0.2) is 0 Å². The summed E-state index contributed by atoms with van der Waals surface area (Å²) in [5.41, 5.74) is 2.21. The van der Waals surface area contributed by atoms with E-state index in [2.05, 4.69) is 30.7 Å². The Morgan fingerprint density at radius 3 is 2.56 bits per heavy atom. The molecule has 142 valence electrons. The first-order valence-electron chi connectivity index (χ1n) is 8.75. The first-order valence-corrected chi connectivity index (χ1v) is 8.75. The van der Waals surface area contributed by atoms with Crippen molar-refractivity contribution in [3.8, 4) is 5.82 Å². The lowest BCUT2D eigenvalue weighted by atomic mass is 10.2. The van der Waals surface area contributed by atoms with Crippen molar-refractivity contribution in [1.82, 2.24) is 34.6 Å². The van der Waals surface area contributed by atoms with Crippen LogP contribution < -0.4 is 10.6 Å². The van der Waals surface area contributed by atoms with Gasteiger partial charge in [-0.25, -0.2) is 15.0 Å². The number of rotatable bonds is 6. The minimum Gasteiger partial charge on any atom is -0.368 e. The van der Waals surface area contributed by atoms with Crippen LogP contribution in [0.4, 0.5) is 5.82 Å². The van der Waals surface area contributed by atoms with Crippen molar-refractivity contribution in [2.24, 2.45) is 7.05 Å². The molecule has 3 aromatic heterocycles. The smallest absolute Gasteiger partial charge is 0.255 e. The largest absolute Gasteiger partial charge is 0.368 e. The van der Waals surface area contributed by atoms with Crippen molar-refractivity contribution in [2.75, 3.05) is 18.4 Å². The van der Waals surface area contributed by atoms with Crippen LogP contribution in [0.5, 0.6) is 0 Å². The van der Waals surface area contributed by atoms with Crippen LogP contribution in [0.3, 0.4) is 0 Å². The molecule has 3 rings (SSSR count). The highest BCUT2D eigenvalue weighted by Crippen LogP contribution is 2.13. The normalized spacial score (nSPS) is 10.9. The van der Waals surface area contributed by atoms with Crippen LogP contribution in [0, 0.1) is 27.7 Å². The number of hydrogen-bond donors (Lipinski definition) is 2. The van der Waals surface area contributed by atoms with E-state index >= 15 is 0 Å². The Labute approximate surface area is 157 Å². The van der Waals surface area contributed by atoms with Gasteiger partial charge in [0.25, 0.3) is 5.91 Å². The van der Waals surface area contributed by atoms with Crippen molar-refractivity contribution in [2.45, 2.75) is 27.7 Å². The standard InChI is InChI=1S/C18H24N8O/c1-11-17(12(2)25(5)24-11)18(27)21-7-6-20-15-10-16(23-13(3)22-15)26-9-8-19-14(26)4/h8-10H,6-7H2,1-5H3,(H,21,27)(H,20,22,23). The van der Waals surface area contributed by atoms with Crippen LogP contribution in [0.2, 0.25) is 0 Å². The van der Waals surface area contributed by atoms with Crippen molar-refractivity contribution in [3.05, 3.63) is 47.1 Å². The summed E-state index contributed by atoms with van der Waals surface area (Å²) >= 11 is 0. The minimum absolute atomic E-state index is 0.117. The molecule has 3 aromatic rings. The fourth-order valence-electron chi connectivity index (χ4n) is 2.94. The van der Waals surface area contributed by atoms with Crippen LogP contribution in [0.25, 0.3) is 5.82 Å². The quantitative estimate of drug-likeness (QED) is 0.639. The maximum Gasteiger partial charge on any atom is 0.255 e. The van der Waals surface area contributed by atoms with Crippen LogP contribution in [-0.4, -0.2) is 48.3 Å². The van der Waals surface area contributed by atoms with Gasteiger partial charge in [-0.05, 0) is 27.7 Å². The van der Waals surface area contributed by atoms with E-state index < -0.39 is 0 Å².